The van der Waals surface area contributed by atoms with Gasteiger partial charge < -0.3 is 19.7 Å². The number of ether oxygens (including phenoxy) is 2. The van der Waals surface area contributed by atoms with Gasteiger partial charge in [0.15, 0.2) is 5.96 Å². The van der Waals surface area contributed by atoms with Gasteiger partial charge in [-0.2, -0.15) is 13.2 Å². The number of nitrogens with one attached hydrogen (secondary N) is 1. The Bertz CT molecular complexity index is 813. The summed E-state index contributed by atoms with van der Waals surface area (Å²) < 4.78 is 50.3. The number of methoxy groups -OCH3 is 1. The molecule has 0 bridgehead atoms. The number of hydrogen-bond acceptors (Lipinski definition) is 4. The summed E-state index contributed by atoms with van der Waals surface area (Å²) in [5, 5.41) is 3.36. The fourth-order valence-corrected chi connectivity index (χ4v) is 4.53. The average Bonchev–Trinajstić information content (AvgIpc) is 3.15. The van der Waals surface area contributed by atoms with Gasteiger partial charge in [0.25, 0.3) is 0 Å². The van der Waals surface area contributed by atoms with E-state index >= 15 is 0 Å². The van der Waals surface area contributed by atoms with Crippen LogP contribution in [0, 0.1) is 11.8 Å². The van der Waals surface area contributed by atoms with Crippen molar-refractivity contribution < 1.29 is 27.4 Å². The average molecular weight is 569 g/mol. The minimum absolute atomic E-state index is 0. The highest BCUT2D eigenvalue weighted by Crippen LogP contribution is 2.38. The standard InChI is InChI=1S/C22H30F3N3O3.HI/c1-15-12-28(13-18(15)19(29)30-3)20(26-2)27-14-21(7-9-31-10-8-21)16-5-4-6-17(11-16)22(23,24)25;/h4-6,11,15,18H,7-10,12-14H2,1-3H3,(H,26,27);1H. The molecule has 6 nitrogen and oxygen atoms in total. The van der Waals surface area contributed by atoms with E-state index in [1.54, 1.807) is 13.1 Å². The first-order valence-electron chi connectivity index (χ1n) is 10.5. The summed E-state index contributed by atoms with van der Waals surface area (Å²) in [5.41, 5.74) is -0.493. The molecule has 2 unspecified atom stereocenters. The number of aliphatic imine (C=N–C) groups is 1. The van der Waals surface area contributed by atoms with Crippen LogP contribution in [-0.4, -0.2) is 63.8 Å². The highest BCUT2D eigenvalue weighted by Gasteiger charge is 2.40. The molecular weight excluding hydrogens is 538 g/mol. The van der Waals surface area contributed by atoms with E-state index < -0.39 is 17.2 Å². The normalized spacial score (nSPS) is 23.4. The monoisotopic (exact) mass is 569 g/mol. The van der Waals surface area contributed by atoms with Crippen LogP contribution in [0.4, 0.5) is 13.2 Å². The largest absolute Gasteiger partial charge is 0.469 e. The lowest BCUT2D eigenvalue weighted by molar-refractivity contribution is -0.146. The number of benzene rings is 1. The van der Waals surface area contributed by atoms with Crippen molar-refractivity contribution in [1.82, 2.24) is 10.2 Å². The molecule has 3 rings (SSSR count). The number of esters is 1. The van der Waals surface area contributed by atoms with E-state index in [0.29, 0.717) is 57.2 Å². The van der Waals surface area contributed by atoms with E-state index in [1.807, 2.05) is 11.8 Å². The molecule has 0 saturated carbocycles. The van der Waals surface area contributed by atoms with Gasteiger partial charge in [0.05, 0.1) is 18.6 Å². The second kappa shape index (κ2) is 11.0. The maximum absolute atomic E-state index is 13.3. The van der Waals surface area contributed by atoms with Crippen molar-refractivity contribution in [2.24, 2.45) is 16.8 Å². The first kappa shape index (κ1) is 26.7. The molecule has 2 fully saturated rings. The summed E-state index contributed by atoms with van der Waals surface area (Å²) in [7, 11) is 3.05. The number of likely N-dealkylation sites (tertiary alicyclic amines) is 1. The summed E-state index contributed by atoms with van der Waals surface area (Å²) in [6.45, 7) is 4.55. The lowest BCUT2D eigenvalue weighted by atomic mass is 9.73. The number of alkyl halides is 3. The topological polar surface area (TPSA) is 63.2 Å². The van der Waals surface area contributed by atoms with Crippen LogP contribution < -0.4 is 5.32 Å². The molecule has 1 aromatic carbocycles. The van der Waals surface area contributed by atoms with E-state index in [9.17, 15) is 18.0 Å². The Morgan fingerprint density at radius 3 is 2.59 bits per heavy atom. The molecule has 2 heterocycles. The molecule has 0 aliphatic carbocycles. The quantitative estimate of drug-likeness (QED) is 0.260. The molecule has 180 valence electrons. The van der Waals surface area contributed by atoms with Crippen LogP contribution in [0.5, 0.6) is 0 Å². The molecule has 2 aliphatic heterocycles. The molecule has 0 amide bonds. The lowest BCUT2D eigenvalue weighted by Gasteiger charge is -2.39. The zero-order valence-corrected chi connectivity index (χ0v) is 20.9. The maximum Gasteiger partial charge on any atom is 0.416 e. The van der Waals surface area contributed by atoms with E-state index in [0.717, 1.165) is 6.07 Å². The van der Waals surface area contributed by atoms with Gasteiger partial charge in [-0.05, 0) is 30.4 Å². The van der Waals surface area contributed by atoms with Gasteiger partial charge in [0.1, 0.15) is 0 Å². The van der Waals surface area contributed by atoms with E-state index in [4.69, 9.17) is 9.47 Å². The third kappa shape index (κ3) is 5.86. The highest BCUT2D eigenvalue weighted by atomic mass is 127. The predicted molar refractivity (Wildman–Crippen MR) is 126 cm³/mol. The van der Waals surface area contributed by atoms with Crippen molar-refractivity contribution in [2.45, 2.75) is 31.4 Å². The molecule has 1 aromatic rings. The molecule has 0 aromatic heterocycles. The molecule has 0 radical (unpaired) electrons. The van der Waals surface area contributed by atoms with Crippen LogP contribution in [0.15, 0.2) is 29.3 Å². The summed E-state index contributed by atoms with van der Waals surface area (Å²) in [6, 6.07) is 5.58. The number of carbonyl (C=O) groups is 1. The molecule has 1 N–H and O–H groups in total. The van der Waals surface area contributed by atoms with E-state index in [-0.39, 0.29) is 41.8 Å². The number of rotatable bonds is 4. The molecule has 32 heavy (non-hydrogen) atoms. The Kier molecular flexibility index (Phi) is 9.21. The number of carbonyl (C=O) groups excluding carboxylic acids is 1. The number of hydrogen-bond donors (Lipinski definition) is 1. The third-order valence-corrected chi connectivity index (χ3v) is 6.46. The van der Waals surface area contributed by atoms with Crippen molar-refractivity contribution in [2.75, 3.05) is 47.0 Å². The number of guanidine groups is 1. The fraction of sp³-hybridized carbons (Fsp3) is 0.636. The van der Waals surface area contributed by atoms with Crippen molar-refractivity contribution in [3.8, 4) is 0 Å². The third-order valence-electron chi connectivity index (χ3n) is 6.46. The number of nitrogens with zero attached hydrogens (tertiary/aromatic N) is 2. The van der Waals surface area contributed by atoms with Gasteiger partial charge in [0, 0.05) is 45.3 Å². The lowest BCUT2D eigenvalue weighted by Crippen LogP contribution is -2.49. The zero-order chi connectivity index (χ0) is 22.6. The second-order valence-corrected chi connectivity index (χ2v) is 8.38. The first-order valence-corrected chi connectivity index (χ1v) is 10.5. The minimum atomic E-state index is -4.39. The second-order valence-electron chi connectivity index (χ2n) is 8.38. The van der Waals surface area contributed by atoms with Crippen LogP contribution in [0.3, 0.4) is 0 Å². The van der Waals surface area contributed by atoms with Gasteiger partial charge >= 0.3 is 12.1 Å². The van der Waals surface area contributed by atoms with Crippen LogP contribution in [-0.2, 0) is 25.9 Å². The summed E-state index contributed by atoms with van der Waals surface area (Å²) in [5.74, 6) is 0.280. The van der Waals surface area contributed by atoms with Crippen molar-refractivity contribution in [3.05, 3.63) is 35.4 Å². The SMILES string of the molecule is CN=C(NCC1(c2cccc(C(F)(F)F)c2)CCOCC1)N1CC(C)C(C(=O)OC)C1.I. The van der Waals surface area contributed by atoms with Crippen LogP contribution in [0.1, 0.15) is 30.9 Å². The Morgan fingerprint density at radius 1 is 1.31 bits per heavy atom. The van der Waals surface area contributed by atoms with Crippen molar-refractivity contribution in [1.29, 1.82) is 0 Å². The predicted octanol–water partition coefficient (Wildman–Crippen LogP) is 3.69. The molecule has 2 aliphatic rings. The summed E-state index contributed by atoms with van der Waals surface area (Å²) in [4.78, 5) is 18.4. The minimum Gasteiger partial charge on any atom is -0.469 e. The van der Waals surface area contributed by atoms with Gasteiger partial charge in [0.2, 0.25) is 0 Å². The van der Waals surface area contributed by atoms with E-state index in [1.165, 1.54) is 19.2 Å². The van der Waals surface area contributed by atoms with Gasteiger partial charge in [-0.3, -0.25) is 9.79 Å². The van der Waals surface area contributed by atoms with Gasteiger partial charge in [-0.25, -0.2) is 0 Å². The van der Waals surface area contributed by atoms with Crippen LogP contribution in [0.25, 0.3) is 0 Å². The molecule has 0 spiro atoms. The Hall–Kier alpha value is -1.56. The Morgan fingerprint density at radius 2 is 2.00 bits per heavy atom. The highest BCUT2D eigenvalue weighted by molar-refractivity contribution is 14.0. The Balaban J connectivity index is 0.00000363. The molecular formula is C22H31F3IN3O3. The first-order chi connectivity index (χ1) is 14.7. The summed E-state index contributed by atoms with van der Waals surface area (Å²) in [6.07, 6.45) is -3.17. The summed E-state index contributed by atoms with van der Waals surface area (Å²) >= 11 is 0. The van der Waals surface area contributed by atoms with Crippen molar-refractivity contribution >= 4 is 35.9 Å². The van der Waals surface area contributed by atoms with Crippen LogP contribution >= 0.6 is 24.0 Å². The zero-order valence-electron chi connectivity index (χ0n) is 18.6. The van der Waals surface area contributed by atoms with E-state index in [2.05, 4.69) is 10.3 Å². The Labute approximate surface area is 203 Å². The molecule has 2 atom stereocenters. The number of halogens is 4. The van der Waals surface area contributed by atoms with Gasteiger partial charge in [-0.15, -0.1) is 24.0 Å². The van der Waals surface area contributed by atoms with Crippen LogP contribution in [0.2, 0.25) is 0 Å². The fourth-order valence-electron chi connectivity index (χ4n) is 4.53. The molecule has 2 saturated heterocycles. The molecule has 10 heteroatoms. The van der Waals surface area contributed by atoms with Crippen molar-refractivity contribution in [3.63, 3.8) is 0 Å². The smallest absolute Gasteiger partial charge is 0.416 e. The maximum atomic E-state index is 13.3. The van der Waals surface area contributed by atoms with Gasteiger partial charge in [-0.1, -0.05) is 25.1 Å².